The fourth-order valence-corrected chi connectivity index (χ4v) is 1.10. The molecule has 0 bridgehead atoms. The number of carbonyl (C=O) groups excluding carboxylic acids is 1. The van der Waals surface area contributed by atoms with Crippen LogP contribution in [0.1, 0.15) is 6.92 Å². The molecule has 0 atom stereocenters. The molecule has 0 aromatic carbocycles. The SMILES string of the molecule is CCOS(=O)(=O)CC(=O)[O-].[Na+]. The van der Waals surface area contributed by atoms with Crippen molar-refractivity contribution >= 4 is 16.1 Å². The van der Waals surface area contributed by atoms with E-state index in [1.54, 1.807) is 0 Å². The van der Waals surface area contributed by atoms with E-state index in [1.807, 2.05) is 0 Å². The summed E-state index contributed by atoms with van der Waals surface area (Å²) in [5.41, 5.74) is 0. The summed E-state index contributed by atoms with van der Waals surface area (Å²) in [6.45, 7) is 1.39. The Hall–Kier alpha value is 0.380. The molecule has 0 heterocycles. The molecule has 0 spiro atoms. The van der Waals surface area contributed by atoms with E-state index in [4.69, 9.17) is 0 Å². The van der Waals surface area contributed by atoms with Gasteiger partial charge >= 0.3 is 29.6 Å². The standard InChI is InChI=1S/C4H8O5S.Na/c1-2-9-10(7,8)3-4(5)6;/h2-3H2,1H3,(H,5,6);/q;+1/p-1. The van der Waals surface area contributed by atoms with Crippen molar-refractivity contribution in [1.29, 1.82) is 0 Å². The van der Waals surface area contributed by atoms with Gasteiger partial charge < -0.3 is 9.90 Å². The number of rotatable bonds is 4. The van der Waals surface area contributed by atoms with Crippen LogP contribution < -0.4 is 34.7 Å². The predicted molar refractivity (Wildman–Crippen MR) is 30.4 cm³/mol. The van der Waals surface area contributed by atoms with E-state index in [1.165, 1.54) is 6.92 Å². The Morgan fingerprint density at radius 3 is 2.27 bits per heavy atom. The summed E-state index contributed by atoms with van der Waals surface area (Å²) in [5, 5.41) is 9.72. The number of carboxylic acid groups (broad SMARTS) is 1. The van der Waals surface area contributed by atoms with Gasteiger partial charge in [-0.05, 0) is 6.92 Å². The van der Waals surface area contributed by atoms with E-state index in [0.29, 0.717) is 0 Å². The Kier molecular flexibility index (Phi) is 7.55. The summed E-state index contributed by atoms with van der Waals surface area (Å²) < 4.78 is 24.9. The van der Waals surface area contributed by atoms with Crippen molar-refractivity contribution in [2.45, 2.75) is 6.92 Å². The molecule has 11 heavy (non-hydrogen) atoms. The van der Waals surface area contributed by atoms with Gasteiger partial charge in [0.25, 0.3) is 10.1 Å². The first-order valence-corrected chi connectivity index (χ1v) is 4.12. The van der Waals surface area contributed by atoms with E-state index >= 15 is 0 Å². The van der Waals surface area contributed by atoms with E-state index < -0.39 is 21.8 Å². The third-order valence-corrected chi connectivity index (χ3v) is 1.78. The molecule has 0 aromatic heterocycles. The Balaban J connectivity index is 0. The fourth-order valence-electron chi connectivity index (χ4n) is 0.366. The summed E-state index contributed by atoms with van der Waals surface area (Å²) >= 11 is 0. The first kappa shape index (κ1) is 13.9. The van der Waals surface area contributed by atoms with Crippen molar-refractivity contribution in [3.63, 3.8) is 0 Å². The molecule has 0 aliphatic carbocycles. The Morgan fingerprint density at radius 1 is 1.55 bits per heavy atom. The van der Waals surface area contributed by atoms with Crippen LogP contribution in [0.4, 0.5) is 0 Å². The van der Waals surface area contributed by atoms with Crippen molar-refractivity contribution in [1.82, 2.24) is 0 Å². The molecule has 0 aliphatic heterocycles. The molecule has 5 nitrogen and oxygen atoms in total. The van der Waals surface area contributed by atoms with Crippen molar-refractivity contribution in [3.8, 4) is 0 Å². The number of hydrogen-bond acceptors (Lipinski definition) is 5. The van der Waals surface area contributed by atoms with Gasteiger partial charge in [0, 0.05) is 0 Å². The maximum absolute atomic E-state index is 10.4. The van der Waals surface area contributed by atoms with E-state index in [-0.39, 0.29) is 36.2 Å². The van der Waals surface area contributed by atoms with Gasteiger partial charge in [-0.3, -0.25) is 4.18 Å². The van der Waals surface area contributed by atoms with E-state index in [0.717, 1.165) is 0 Å². The molecule has 0 aromatic rings. The third kappa shape index (κ3) is 8.28. The van der Waals surface area contributed by atoms with Crippen LogP contribution in [0.3, 0.4) is 0 Å². The topological polar surface area (TPSA) is 83.5 Å². The minimum Gasteiger partial charge on any atom is -0.549 e. The minimum atomic E-state index is -3.89. The second-order valence-electron chi connectivity index (χ2n) is 1.48. The molecule has 0 N–H and O–H groups in total. The number of hydrogen-bond donors (Lipinski definition) is 0. The molecule has 60 valence electrons. The zero-order valence-corrected chi connectivity index (χ0v) is 9.18. The molecule has 0 fully saturated rings. The van der Waals surface area contributed by atoms with Crippen LogP contribution in [0, 0.1) is 0 Å². The van der Waals surface area contributed by atoms with Crippen molar-refractivity contribution in [2.24, 2.45) is 0 Å². The molecule has 7 heteroatoms. The summed E-state index contributed by atoms with van der Waals surface area (Å²) in [5.74, 6) is -2.74. The maximum Gasteiger partial charge on any atom is 1.00 e. The van der Waals surface area contributed by atoms with Crippen LogP contribution in [-0.2, 0) is 19.1 Å². The van der Waals surface area contributed by atoms with Gasteiger partial charge in [-0.25, -0.2) is 0 Å². The number of carbonyl (C=O) groups is 1. The molecule has 0 saturated carbocycles. The largest absolute Gasteiger partial charge is 1.00 e. The molecule has 0 saturated heterocycles. The van der Waals surface area contributed by atoms with Crippen LogP contribution in [0.5, 0.6) is 0 Å². The van der Waals surface area contributed by atoms with Gasteiger partial charge in [0.1, 0.15) is 5.75 Å². The number of carboxylic acids is 1. The smallest absolute Gasteiger partial charge is 0.549 e. The zero-order chi connectivity index (χ0) is 8.20. The molecule has 0 amide bonds. The second kappa shape index (κ2) is 5.96. The van der Waals surface area contributed by atoms with Crippen molar-refractivity contribution < 1.29 is 52.1 Å². The maximum atomic E-state index is 10.4. The normalized spacial score (nSPS) is 10.3. The summed E-state index contributed by atoms with van der Waals surface area (Å²) in [4.78, 5) is 9.72. The fraction of sp³-hybridized carbons (Fsp3) is 0.750. The van der Waals surface area contributed by atoms with Gasteiger partial charge in [-0.2, -0.15) is 8.42 Å². The first-order chi connectivity index (χ1) is 4.48. The Labute approximate surface area is 87.2 Å². The van der Waals surface area contributed by atoms with Gasteiger partial charge in [0.05, 0.1) is 12.6 Å². The predicted octanol–water partition coefficient (Wildman–Crippen LogP) is -4.89. The molecule has 0 unspecified atom stereocenters. The van der Waals surface area contributed by atoms with Gasteiger partial charge in [-0.15, -0.1) is 0 Å². The monoisotopic (exact) mass is 190 g/mol. The van der Waals surface area contributed by atoms with E-state index in [2.05, 4.69) is 4.18 Å². The molecule has 0 rings (SSSR count). The summed E-state index contributed by atoms with van der Waals surface area (Å²) in [7, 11) is -3.89. The van der Waals surface area contributed by atoms with Crippen LogP contribution >= 0.6 is 0 Å². The van der Waals surface area contributed by atoms with Crippen molar-refractivity contribution in [2.75, 3.05) is 12.4 Å². The second-order valence-corrected chi connectivity index (χ2v) is 3.12. The van der Waals surface area contributed by atoms with Crippen LogP contribution in [0.15, 0.2) is 0 Å². The summed E-state index contributed by atoms with van der Waals surface area (Å²) in [6, 6.07) is 0. The zero-order valence-electron chi connectivity index (χ0n) is 6.36. The van der Waals surface area contributed by atoms with Gasteiger partial charge in [0.2, 0.25) is 0 Å². The third-order valence-electron chi connectivity index (χ3n) is 0.592. The molecular weight excluding hydrogens is 183 g/mol. The summed E-state index contributed by atoms with van der Waals surface area (Å²) in [6.07, 6.45) is 0. The molecule has 0 aliphatic rings. The van der Waals surface area contributed by atoms with Crippen LogP contribution in [-0.4, -0.2) is 26.7 Å². The quantitative estimate of drug-likeness (QED) is 0.328. The minimum absolute atomic E-state index is 0. The van der Waals surface area contributed by atoms with Gasteiger partial charge in [0.15, 0.2) is 0 Å². The van der Waals surface area contributed by atoms with Crippen molar-refractivity contribution in [3.05, 3.63) is 0 Å². The average Bonchev–Trinajstić information content (AvgIpc) is 1.59. The number of aliphatic carboxylic acids is 1. The van der Waals surface area contributed by atoms with Crippen LogP contribution in [0.2, 0.25) is 0 Å². The van der Waals surface area contributed by atoms with Crippen LogP contribution in [0.25, 0.3) is 0 Å². The Morgan fingerprint density at radius 2 is 2.00 bits per heavy atom. The molecule has 0 radical (unpaired) electrons. The first-order valence-electron chi connectivity index (χ1n) is 2.55. The van der Waals surface area contributed by atoms with Gasteiger partial charge in [-0.1, -0.05) is 0 Å². The average molecular weight is 190 g/mol. The molecular formula is C4H7NaO5S. The van der Waals surface area contributed by atoms with E-state index in [9.17, 15) is 18.3 Å². The Bertz CT molecular complexity index is 209.